The van der Waals surface area contributed by atoms with Gasteiger partial charge in [0.2, 0.25) is 5.91 Å². The van der Waals surface area contributed by atoms with Gasteiger partial charge in [-0.25, -0.2) is 0 Å². The second-order valence-corrected chi connectivity index (χ2v) is 7.58. The summed E-state index contributed by atoms with van der Waals surface area (Å²) < 4.78 is 5.56. The number of morpholine rings is 1. The van der Waals surface area contributed by atoms with E-state index < -0.39 is 0 Å². The van der Waals surface area contributed by atoms with Gasteiger partial charge in [-0.3, -0.25) is 4.79 Å². The van der Waals surface area contributed by atoms with Gasteiger partial charge in [-0.2, -0.15) is 0 Å². The first-order valence-electron chi connectivity index (χ1n) is 7.45. The SMILES string of the molecule is C[C@@H](Sc1ccc(Cl)cc1)C(=O)N1CCOC[C@@H]1C1CC1. The zero-order valence-corrected chi connectivity index (χ0v) is 13.7. The highest BCUT2D eigenvalue weighted by molar-refractivity contribution is 8.00. The molecule has 2 aliphatic rings. The molecule has 3 rings (SSSR count). The molecule has 2 fully saturated rings. The molecule has 2 atom stereocenters. The number of rotatable bonds is 4. The highest BCUT2D eigenvalue weighted by atomic mass is 35.5. The first-order chi connectivity index (χ1) is 10.1. The summed E-state index contributed by atoms with van der Waals surface area (Å²) in [6.45, 7) is 4.08. The maximum Gasteiger partial charge on any atom is 0.236 e. The molecule has 0 N–H and O–H groups in total. The van der Waals surface area contributed by atoms with Crippen molar-refractivity contribution in [2.45, 2.75) is 36.0 Å². The third-order valence-electron chi connectivity index (χ3n) is 4.09. The largest absolute Gasteiger partial charge is 0.377 e. The van der Waals surface area contributed by atoms with Crippen molar-refractivity contribution >= 4 is 29.3 Å². The molecule has 1 heterocycles. The van der Waals surface area contributed by atoms with Crippen LogP contribution in [-0.2, 0) is 9.53 Å². The minimum Gasteiger partial charge on any atom is -0.377 e. The quantitative estimate of drug-likeness (QED) is 0.794. The molecule has 1 aliphatic heterocycles. The molecule has 0 unspecified atom stereocenters. The van der Waals surface area contributed by atoms with Gasteiger partial charge >= 0.3 is 0 Å². The van der Waals surface area contributed by atoms with E-state index in [1.807, 2.05) is 31.2 Å². The fraction of sp³-hybridized carbons (Fsp3) is 0.562. The van der Waals surface area contributed by atoms with Gasteiger partial charge in [0.05, 0.1) is 24.5 Å². The van der Waals surface area contributed by atoms with Crippen LogP contribution in [0.15, 0.2) is 29.2 Å². The zero-order chi connectivity index (χ0) is 14.8. The number of amides is 1. The van der Waals surface area contributed by atoms with Gasteiger partial charge in [-0.1, -0.05) is 11.6 Å². The summed E-state index contributed by atoms with van der Waals surface area (Å²) in [7, 11) is 0. The van der Waals surface area contributed by atoms with E-state index in [1.54, 1.807) is 11.8 Å². The number of thioether (sulfide) groups is 1. The van der Waals surface area contributed by atoms with Gasteiger partial charge in [0, 0.05) is 16.5 Å². The number of ether oxygens (including phenoxy) is 1. The van der Waals surface area contributed by atoms with Crippen molar-refractivity contribution < 1.29 is 9.53 Å². The summed E-state index contributed by atoms with van der Waals surface area (Å²) in [5, 5.41) is 0.644. The van der Waals surface area contributed by atoms with E-state index in [9.17, 15) is 4.79 Å². The smallest absolute Gasteiger partial charge is 0.236 e. The standard InChI is InChI=1S/C16H20ClNO2S/c1-11(21-14-6-4-13(17)5-7-14)16(19)18-8-9-20-10-15(18)12-2-3-12/h4-7,11-12,15H,2-3,8-10H2,1H3/t11-,15-/m1/s1. The molecule has 21 heavy (non-hydrogen) atoms. The first-order valence-corrected chi connectivity index (χ1v) is 8.71. The molecular formula is C16H20ClNO2S. The third-order valence-corrected chi connectivity index (χ3v) is 5.44. The lowest BCUT2D eigenvalue weighted by Gasteiger charge is -2.37. The number of carbonyl (C=O) groups excluding carboxylic acids is 1. The Morgan fingerprint density at radius 3 is 2.76 bits per heavy atom. The summed E-state index contributed by atoms with van der Waals surface area (Å²) >= 11 is 7.49. The average molecular weight is 326 g/mol. The first kappa shape index (κ1) is 15.2. The van der Waals surface area contributed by atoms with Gasteiger partial charge in [-0.05, 0) is 49.9 Å². The van der Waals surface area contributed by atoms with Crippen LogP contribution in [0, 0.1) is 5.92 Å². The van der Waals surface area contributed by atoms with Gasteiger partial charge in [-0.15, -0.1) is 11.8 Å². The van der Waals surface area contributed by atoms with E-state index in [0.717, 1.165) is 16.5 Å². The lowest BCUT2D eigenvalue weighted by atomic mass is 10.1. The Morgan fingerprint density at radius 1 is 1.38 bits per heavy atom. The predicted octanol–water partition coefficient (Wildman–Crippen LogP) is 3.46. The molecule has 1 aliphatic carbocycles. The lowest BCUT2D eigenvalue weighted by Crippen LogP contribution is -2.52. The van der Waals surface area contributed by atoms with Crippen molar-refractivity contribution in [2.75, 3.05) is 19.8 Å². The summed E-state index contributed by atoms with van der Waals surface area (Å²) in [6.07, 6.45) is 2.47. The van der Waals surface area contributed by atoms with E-state index in [-0.39, 0.29) is 11.2 Å². The van der Waals surface area contributed by atoms with Crippen LogP contribution in [0.25, 0.3) is 0 Å². The second-order valence-electron chi connectivity index (χ2n) is 5.73. The molecule has 0 radical (unpaired) electrons. The fourth-order valence-corrected chi connectivity index (χ4v) is 3.83. The van der Waals surface area contributed by atoms with Crippen LogP contribution in [0.5, 0.6) is 0 Å². The molecule has 1 saturated carbocycles. The number of carbonyl (C=O) groups is 1. The fourth-order valence-electron chi connectivity index (χ4n) is 2.77. The van der Waals surface area contributed by atoms with Crippen LogP contribution in [0.1, 0.15) is 19.8 Å². The molecule has 1 aromatic rings. The highest BCUT2D eigenvalue weighted by Gasteiger charge is 2.40. The van der Waals surface area contributed by atoms with Crippen molar-refractivity contribution in [3.63, 3.8) is 0 Å². The van der Waals surface area contributed by atoms with Crippen LogP contribution in [-0.4, -0.2) is 41.9 Å². The van der Waals surface area contributed by atoms with Crippen LogP contribution in [0.3, 0.4) is 0 Å². The Balaban J connectivity index is 1.63. The Bertz CT molecular complexity index is 504. The summed E-state index contributed by atoms with van der Waals surface area (Å²) in [4.78, 5) is 15.9. The molecular weight excluding hydrogens is 306 g/mol. The minimum atomic E-state index is -0.0782. The Hall–Kier alpha value is -0.710. The molecule has 0 aromatic heterocycles. The third kappa shape index (κ3) is 3.74. The van der Waals surface area contributed by atoms with Crippen LogP contribution in [0.2, 0.25) is 5.02 Å². The van der Waals surface area contributed by atoms with Crippen molar-refractivity contribution in [2.24, 2.45) is 5.92 Å². The monoisotopic (exact) mass is 325 g/mol. The van der Waals surface area contributed by atoms with E-state index in [2.05, 4.69) is 4.90 Å². The summed E-state index contributed by atoms with van der Waals surface area (Å²) in [5.74, 6) is 0.886. The van der Waals surface area contributed by atoms with Crippen LogP contribution in [0.4, 0.5) is 0 Å². The lowest BCUT2D eigenvalue weighted by molar-refractivity contribution is -0.139. The van der Waals surface area contributed by atoms with E-state index in [4.69, 9.17) is 16.3 Å². The minimum absolute atomic E-state index is 0.0782. The van der Waals surface area contributed by atoms with Crippen molar-refractivity contribution in [3.05, 3.63) is 29.3 Å². The molecule has 1 aromatic carbocycles. The van der Waals surface area contributed by atoms with Crippen LogP contribution >= 0.6 is 23.4 Å². The van der Waals surface area contributed by atoms with Crippen molar-refractivity contribution in [1.82, 2.24) is 4.90 Å². The van der Waals surface area contributed by atoms with Gasteiger partial charge in [0.25, 0.3) is 0 Å². The number of nitrogens with zero attached hydrogens (tertiary/aromatic N) is 1. The van der Waals surface area contributed by atoms with Crippen LogP contribution < -0.4 is 0 Å². The molecule has 0 spiro atoms. The normalized spacial score (nSPS) is 23.9. The van der Waals surface area contributed by atoms with Gasteiger partial charge < -0.3 is 9.64 Å². The van der Waals surface area contributed by atoms with Crippen molar-refractivity contribution in [1.29, 1.82) is 0 Å². The molecule has 1 saturated heterocycles. The molecule has 3 nitrogen and oxygen atoms in total. The maximum absolute atomic E-state index is 12.7. The number of halogens is 1. The predicted molar refractivity (Wildman–Crippen MR) is 85.8 cm³/mol. The number of hydrogen-bond donors (Lipinski definition) is 0. The Kier molecular flexibility index (Phi) is 4.77. The summed E-state index contributed by atoms with van der Waals surface area (Å²) in [6, 6.07) is 7.95. The molecule has 1 amide bonds. The second kappa shape index (κ2) is 6.59. The topological polar surface area (TPSA) is 29.5 Å². The number of hydrogen-bond acceptors (Lipinski definition) is 3. The average Bonchev–Trinajstić information content (AvgIpc) is 3.33. The molecule has 114 valence electrons. The van der Waals surface area contributed by atoms with E-state index in [1.165, 1.54) is 12.8 Å². The zero-order valence-electron chi connectivity index (χ0n) is 12.1. The molecule has 0 bridgehead atoms. The van der Waals surface area contributed by atoms with E-state index >= 15 is 0 Å². The number of benzene rings is 1. The summed E-state index contributed by atoms with van der Waals surface area (Å²) in [5.41, 5.74) is 0. The Morgan fingerprint density at radius 2 is 2.10 bits per heavy atom. The van der Waals surface area contributed by atoms with Gasteiger partial charge in [0.1, 0.15) is 0 Å². The van der Waals surface area contributed by atoms with Crippen molar-refractivity contribution in [3.8, 4) is 0 Å². The highest BCUT2D eigenvalue weighted by Crippen LogP contribution is 2.37. The Labute approximate surface area is 135 Å². The van der Waals surface area contributed by atoms with Gasteiger partial charge in [0.15, 0.2) is 0 Å². The van der Waals surface area contributed by atoms with E-state index in [0.29, 0.717) is 25.2 Å². The molecule has 5 heteroatoms. The maximum atomic E-state index is 12.7.